The lowest BCUT2D eigenvalue weighted by molar-refractivity contribution is -0.383. The number of hydrogen-bond donors (Lipinski definition) is 2. The van der Waals surface area contributed by atoms with Gasteiger partial charge in [-0.05, 0) is 18.6 Å². The Morgan fingerprint density at radius 1 is 1.65 bits per heavy atom. The van der Waals surface area contributed by atoms with Gasteiger partial charge in [0.15, 0.2) is 0 Å². The van der Waals surface area contributed by atoms with Gasteiger partial charge in [0.1, 0.15) is 5.69 Å². The molecule has 1 unspecified atom stereocenters. The average molecular weight is 258 g/mol. The molecule has 0 aliphatic rings. The molecular weight excluding hydrogens is 246 g/mol. The average Bonchev–Trinajstić information content (AvgIpc) is 2.27. The summed E-state index contributed by atoms with van der Waals surface area (Å²) in [7, 11) is 0. The monoisotopic (exact) mass is 257 g/mol. The first-order valence-corrected chi connectivity index (χ1v) is 5.34. The molecule has 0 fully saturated rings. The summed E-state index contributed by atoms with van der Waals surface area (Å²) in [6, 6.07) is 3.23. The largest absolute Gasteiger partial charge is 0.320 e. The van der Waals surface area contributed by atoms with Gasteiger partial charge in [-0.25, -0.2) is 0 Å². The summed E-state index contributed by atoms with van der Waals surface area (Å²) in [6.45, 7) is 1.75. The van der Waals surface area contributed by atoms with Gasteiger partial charge in [-0.2, -0.15) is 0 Å². The van der Waals surface area contributed by atoms with Crippen LogP contribution in [0.15, 0.2) is 18.2 Å². The second kappa shape index (κ2) is 5.60. The molecular formula is C10H12ClN3O3. The number of anilines is 1. The molecule has 1 atom stereocenters. The molecule has 0 heterocycles. The van der Waals surface area contributed by atoms with E-state index in [2.05, 4.69) is 5.32 Å². The van der Waals surface area contributed by atoms with E-state index in [0.717, 1.165) is 0 Å². The highest BCUT2D eigenvalue weighted by atomic mass is 35.5. The molecule has 1 aromatic rings. The number of hydrogen-bond acceptors (Lipinski definition) is 4. The Hall–Kier alpha value is -1.66. The van der Waals surface area contributed by atoms with Crippen molar-refractivity contribution in [2.24, 2.45) is 5.73 Å². The highest BCUT2D eigenvalue weighted by Gasteiger charge is 2.18. The van der Waals surface area contributed by atoms with Crippen molar-refractivity contribution in [3.05, 3.63) is 33.3 Å². The number of nitrogens with one attached hydrogen (secondary N) is 1. The number of benzene rings is 1. The smallest absolute Gasteiger partial charge is 0.292 e. The van der Waals surface area contributed by atoms with Gasteiger partial charge in [0.2, 0.25) is 5.91 Å². The van der Waals surface area contributed by atoms with Gasteiger partial charge in [-0.15, -0.1) is 0 Å². The third kappa shape index (κ3) is 3.40. The van der Waals surface area contributed by atoms with Crippen molar-refractivity contribution in [1.29, 1.82) is 0 Å². The van der Waals surface area contributed by atoms with E-state index in [0.29, 0.717) is 11.4 Å². The first-order chi connectivity index (χ1) is 7.95. The van der Waals surface area contributed by atoms with Crippen LogP contribution in [0, 0.1) is 10.1 Å². The number of nitro groups is 1. The molecule has 0 saturated heterocycles. The summed E-state index contributed by atoms with van der Waals surface area (Å²) in [5, 5.41) is 13.4. The summed E-state index contributed by atoms with van der Waals surface area (Å²) in [5.74, 6) is -0.474. The molecule has 17 heavy (non-hydrogen) atoms. The predicted octanol–water partition coefficient (Wildman–Crippen LogP) is 1.92. The van der Waals surface area contributed by atoms with Crippen molar-refractivity contribution in [2.75, 3.05) is 5.32 Å². The molecule has 0 spiro atoms. The Morgan fingerprint density at radius 3 is 2.82 bits per heavy atom. The number of carbonyl (C=O) groups excluding carboxylic acids is 1. The van der Waals surface area contributed by atoms with Crippen LogP contribution in [-0.2, 0) is 4.79 Å². The van der Waals surface area contributed by atoms with Gasteiger partial charge in [0.25, 0.3) is 5.69 Å². The van der Waals surface area contributed by atoms with Gasteiger partial charge in [-0.3, -0.25) is 14.9 Å². The van der Waals surface area contributed by atoms with Gasteiger partial charge in [-0.1, -0.05) is 18.5 Å². The summed E-state index contributed by atoms with van der Waals surface area (Å²) in [6.07, 6.45) is 0.445. The summed E-state index contributed by atoms with van der Waals surface area (Å²) >= 11 is 5.71. The van der Waals surface area contributed by atoms with Gasteiger partial charge < -0.3 is 11.1 Å². The Labute approximate surface area is 103 Å². The Balaban J connectivity index is 3.00. The lowest BCUT2D eigenvalue weighted by Gasteiger charge is -2.10. The second-order valence-electron chi connectivity index (χ2n) is 3.42. The Bertz CT molecular complexity index is 450. The van der Waals surface area contributed by atoms with Gasteiger partial charge in [0.05, 0.1) is 11.0 Å². The molecule has 3 N–H and O–H groups in total. The maximum absolute atomic E-state index is 11.5. The van der Waals surface area contributed by atoms with Crippen molar-refractivity contribution in [3.8, 4) is 0 Å². The number of nitro benzene ring substituents is 1. The molecule has 1 rings (SSSR count). The van der Waals surface area contributed by atoms with Crippen LogP contribution in [0.5, 0.6) is 0 Å². The maximum Gasteiger partial charge on any atom is 0.292 e. The van der Waals surface area contributed by atoms with Crippen molar-refractivity contribution >= 4 is 28.9 Å². The van der Waals surface area contributed by atoms with Crippen LogP contribution in [-0.4, -0.2) is 16.9 Å². The zero-order valence-corrected chi connectivity index (χ0v) is 9.90. The zero-order valence-electron chi connectivity index (χ0n) is 9.14. The molecule has 0 saturated carbocycles. The molecule has 0 bridgehead atoms. The van der Waals surface area contributed by atoms with E-state index in [1.54, 1.807) is 6.92 Å². The maximum atomic E-state index is 11.5. The molecule has 1 amide bonds. The van der Waals surface area contributed by atoms with Crippen LogP contribution in [0.3, 0.4) is 0 Å². The quantitative estimate of drug-likeness (QED) is 0.636. The predicted molar refractivity (Wildman–Crippen MR) is 65.0 cm³/mol. The molecule has 0 aliphatic heterocycles. The molecule has 6 nitrogen and oxygen atoms in total. The van der Waals surface area contributed by atoms with Gasteiger partial charge in [0, 0.05) is 11.1 Å². The number of halogens is 1. The number of amides is 1. The van der Waals surface area contributed by atoms with Crippen LogP contribution in [0.1, 0.15) is 13.3 Å². The second-order valence-corrected chi connectivity index (χ2v) is 3.86. The van der Waals surface area contributed by atoms with Crippen molar-refractivity contribution in [3.63, 3.8) is 0 Å². The minimum atomic E-state index is -0.700. The van der Waals surface area contributed by atoms with Crippen molar-refractivity contribution in [1.82, 2.24) is 0 Å². The minimum Gasteiger partial charge on any atom is -0.320 e. The first-order valence-electron chi connectivity index (χ1n) is 4.96. The van der Waals surface area contributed by atoms with Crippen LogP contribution in [0.25, 0.3) is 0 Å². The molecule has 1 aromatic carbocycles. The van der Waals surface area contributed by atoms with E-state index in [4.69, 9.17) is 17.3 Å². The lowest BCUT2D eigenvalue weighted by Crippen LogP contribution is -2.34. The van der Waals surface area contributed by atoms with E-state index in [-0.39, 0.29) is 11.4 Å². The van der Waals surface area contributed by atoms with Gasteiger partial charge >= 0.3 is 0 Å². The van der Waals surface area contributed by atoms with Crippen LogP contribution in [0.2, 0.25) is 5.02 Å². The van der Waals surface area contributed by atoms with Crippen molar-refractivity contribution < 1.29 is 9.72 Å². The number of carbonyl (C=O) groups is 1. The molecule has 92 valence electrons. The molecule has 0 aromatic heterocycles. The fourth-order valence-corrected chi connectivity index (χ4v) is 1.35. The van der Waals surface area contributed by atoms with E-state index in [1.807, 2.05) is 0 Å². The number of nitrogens with two attached hydrogens (primary N) is 1. The molecule has 7 heteroatoms. The zero-order chi connectivity index (χ0) is 13.0. The highest BCUT2D eigenvalue weighted by Crippen LogP contribution is 2.27. The fourth-order valence-electron chi connectivity index (χ4n) is 1.18. The Kier molecular flexibility index (Phi) is 4.42. The topological polar surface area (TPSA) is 98.3 Å². The van der Waals surface area contributed by atoms with E-state index in [1.165, 1.54) is 18.2 Å². The highest BCUT2D eigenvalue weighted by molar-refractivity contribution is 6.31. The third-order valence-corrected chi connectivity index (χ3v) is 2.42. The van der Waals surface area contributed by atoms with E-state index < -0.39 is 16.9 Å². The van der Waals surface area contributed by atoms with Crippen LogP contribution >= 0.6 is 11.6 Å². The number of rotatable bonds is 4. The lowest BCUT2D eigenvalue weighted by atomic mass is 10.2. The fraction of sp³-hybridized carbons (Fsp3) is 0.300. The van der Waals surface area contributed by atoms with Crippen LogP contribution < -0.4 is 11.1 Å². The summed E-state index contributed by atoms with van der Waals surface area (Å²) in [5.41, 5.74) is 5.35. The summed E-state index contributed by atoms with van der Waals surface area (Å²) < 4.78 is 0. The minimum absolute atomic E-state index is 0.0522. The van der Waals surface area contributed by atoms with E-state index >= 15 is 0 Å². The van der Waals surface area contributed by atoms with E-state index in [9.17, 15) is 14.9 Å². The van der Waals surface area contributed by atoms with Crippen molar-refractivity contribution in [2.45, 2.75) is 19.4 Å². The number of nitrogens with zero attached hydrogens (tertiary/aromatic N) is 1. The SMILES string of the molecule is CCC(N)C(=O)Nc1cc(Cl)ccc1[N+](=O)[O-]. The normalized spacial score (nSPS) is 11.9. The third-order valence-electron chi connectivity index (χ3n) is 2.19. The van der Waals surface area contributed by atoms with Crippen LogP contribution in [0.4, 0.5) is 11.4 Å². The summed E-state index contributed by atoms with van der Waals surface area (Å²) in [4.78, 5) is 21.7. The standard InChI is InChI=1S/C10H12ClN3O3/c1-2-7(12)10(15)13-8-5-6(11)3-4-9(8)14(16)17/h3-5,7H,2,12H2,1H3,(H,13,15). The molecule has 0 radical (unpaired) electrons. The Morgan fingerprint density at radius 2 is 2.29 bits per heavy atom. The molecule has 0 aliphatic carbocycles. The first kappa shape index (κ1) is 13.4.